The summed E-state index contributed by atoms with van der Waals surface area (Å²) in [5.74, 6) is 0.617. The maximum absolute atomic E-state index is 13.0. The van der Waals surface area contributed by atoms with Crippen LogP contribution in [-0.4, -0.2) is 35.0 Å². The van der Waals surface area contributed by atoms with Crippen molar-refractivity contribution in [3.63, 3.8) is 0 Å². The van der Waals surface area contributed by atoms with Crippen molar-refractivity contribution in [3.05, 3.63) is 54.3 Å². The molecule has 0 atom stereocenters. The molecule has 1 amide bonds. The van der Waals surface area contributed by atoms with E-state index in [4.69, 9.17) is 4.42 Å². The second-order valence-electron chi connectivity index (χ2n) is 7.20. The van der Waals surface area contributed by atoms with Crippen LogP contribution in [-0.2, 0) is 6.54 Å². The summed E-state index contributed by atoms with van der Waals surface area (Å²) in [5, 5.41) is 14.4. The van der Waals surface area contributed by atoms with Crippen molar-refractivity contribution in [3.8, 4) is 5.75 Å². The molecule has 1 aromatic heterocycles. The van der Waals surface area contributed by atoms with Gasteiger partial charge in [0.05, 0.1) is 5.56 Å². The van der Waals surface area contributed by atoms with Crippen LogP contribution in [0.5, 0.6) is 5.75 Å². The molecular weight excluding hydrogens is 340 g/mol. The van der Waals surface area contributed by atoms with Crippen molar-refractivity contribution in [2.24, 2.45) is 0 Å². The lowest BCUT2D eigenvalue weighted by Gasteiger charge is -2.20. The Morgan fingerprint density at radius 2 is 1.96 bits per heavy atom. The number of carbonyl (C=O) groups excluding carboxylic acids is 1. The maximum Gasteiger partial charge on any atom is 0.255 e. The number of phenolic OH excluding ortho intramolecular Hbond substituents is 1. The second-order valence-corrected chi connectivity index (χ2v) is 7.20. The van der Waals surface area contributed by atoms with Gasteiger partial charge in [-0.25, -0.2) is 0 Å². The van der Waals surface area contributed by atoms with E-state index < -0.39 is 0 Å². The van der Waals surface area contributed by atoms with Gasteiger partial charge in [-0.05, 0) is 31.9 Å². The van der Waals surface area contributed by atoms with Crippen LogP contribution in [0.25, 0.3) is 11.0 Å². The zero-order valence-electron chi connectivity index (χ0n) is 16.0. The Hall–Kier alpha value is -2.53. The predicted octanol–water partition coefficient (Wildman–Crippen LogP) is 4.29. The number of nitrogens with one attached hydrogen (secondary N) is 1. The van der Waals surface area contributed by atoms with Gasteiger partial charge in [0.15, 0.2) is 0 Å². The van der Waals surface area contributed by atoms with Gasteiger partial charge in [-0.1, -0.05) is 25.0 Å². The first kappa shape index (κ1) is 19.2. The standard InChI is InChI=1S/C22H28N2O3/c1-4-12-24(13-5-2)14-17-18(25)10-11-19-21(17)20(15(3)27-19)22(26)23-16-8-6-7-9-16/h4-5,10-11,16,25H,1-2,6-9,12-14H2,3H3,(H,23,26). The molecule has 1 saturated carbocycles. The molecule has 0 aliphatic heterocycles. The average molecular weight is 368 g/mol. The number of amides is 1. The molecule has 1 aliphatic carbocycles. The molecule has 5 heteroatoms. The maximum atomic E-state index is 13.0. The number of nitrogens with zero attached hydrogens (tertiary/aromatic N) is 1. The molecule has 1 aromatic carbocycles. The molecule has 0 radical (unpaired) electrons. The highest BCUT2D eigenvalue weighted by atomic mass is 16.3. The molecular formula is C22H28N2O3. The minimum Gasteiger partial charge on any atom is -0.508 e. The number of rotatable bonds is 8. The van der Waals surface area contributed by atoms with Crippen LogP contribution in [0.3, 0.4) is 0 Å². The zero-order valence-corrected chi connectivity index (χ0v) is 16.0. The van der Waals surface area contributed by atoms with Crippen molar-refractivity contribution in [2.45, 2.75) is 45.2 Å². The Kier molecular flexibility index (Phi) is 6.01. The first-order valence-corrected chi connectivity index (χ1v) is 9.54. The molecule has 2 N–H and O–H groups in total. The van der Waals surface area contributed by atoms with Gasteiger partial charge in [-0.15, -0.1) is 13.2 Å². The van der Waals surface area contributed by atoms with E-state index in [0.717, 1.165) is 25.7 Å². The number of hydrogen-bond donors (Lipinski definition) is 2. The third-order valence-corrected chi connectivity index (χ3v) is 5.19. The summed E-state index contributed by atoms with van der Waals surface area (Å²) in [4.78, 5) is 15.1. The van der Waals surface area contributed by atoms with Crippen LogP contribution in [0.2, 0.25) is 0 Å². The molecule has 0 saturated heterocycles. The molecule has 0 unspecified atom stereocenters. The summed E-state index contributed by atoms with van der Waals surface area (Å²) >= 11 is 0. The number of furan rings is 1. The van der Waals surface area contributed by atoms with Gasteiger partial charge < -0.3 is 14.8 Å². The van der Waals surface area contributed by atoms with Crippen molar-refractivity contribution in [1.82, 2.24) is 10.2 Å². The molecule has 0 bridgehead atoms. The number of benzene rings is 1. The van der Waals surface area contributed by atoms with Gasteiger partial charge in [0.1, 0.15) is 17.1 Å². The Bertz CT molecular complexity index is 837. The minimum atomic E-state index is -0.121. The van der Waals surface area contributed by atoms with E-state index in [0.29, 0.717) is 47.5 Å². The highest BCUT2D eigenvalue weighted by Crippen LogP contribution is 2.35. The van der Waals surface area contributed by atoms with Crippen LogP contribution in [0, 0.1) is 6.92 Å². The lowest BCUT2D eigenvalue weighted by Crippen LogP contribution is -2.33. The minimum absolute atomic E-state index is 0.121. The number of aryl methyl sites for hydroxylation is 1. The Morgan fingerprint density at radius 1 is 1.30 bits per heavy atom. The summed E-state index contributed by atoms with van der Waals surface area (Å²) in [7, 11) is 0. The van der Waals surface area contributed by atoms with Crippen molar-refractivity contribution in [1.29, 1.82) is 0 Å². The van der Waals surface area contributed by atoms with Gasteiger partial charge in [0, 0.05) is 36.6 Å². The highest BCUT2D eigenvalue weighted by molar-refractivity contribution is 6.09. The zero-order chi connectivity index (χ0) is 19.4. The fraction of sp³-hybridized carbons (Fsp3) is 0.409. The molecule has 27 heavy (non-hydrogen) atoms. The van der Waals surface area contributed by atoms with Gasteiger partial charge in [0.25, 0.3) is 5.91 Å². The summed E-state index contributed by atoms with van der Waals surface area (Å²) in [6.07, 6.45) is 7.97. The van der Waals surface area contributed by atoms with Crippen molar-refractivity contribution in [2.75, 3.05) is 13.1 Å². The van der Waals surface area contributed by atoms with Crippen LogP contribution in [0.1, 0.15) is 47.4 Å². The smallest absolute Gasteiger partial charge is 0.255 e. The van der Waals surface area contributed by atoms with E-state index in [9.17, 15) is 9.90 Å². The predicted molar refractivity (Wildman–Crippen MR) is 108 cm³/mol. The fourth-order valence-corrected chi connectivity index (χ4v) is 3.92. The molecule has 3 rings (SSSR count). The second kappa shape index (κ2) is 8.44. The van der Waals surface area contributed by atoms with E-state index in [1.807, 2.05) is 12.2 Å². The quantitative estimate of drug-likeness (QED) is 0.682. The number of aromatic hydroxyl groups is 1. The monoisotopic (exact) mass is 368 g/mol. The molecule has 1 heterocycles. The van der Waals surface area contributed by atoms with Crippen LogP contribution >= 0.6 is 0 Å². The Balaban J connectivity index is 2.01. The van der Waals surface area contributed by atoms with Crippen molar-refractivity contribution < 1.29 is 14.3 Å². The highest BCUT2D eigenvalue weighted by Gasteiger charge is 2.26. The third-order valence-electron chi connectivity index (χ3n) is 5.19. The van der Waals surface area contributed by atoms with E-state index in [1.165, 1.54) is 0 Å². The summed E-state index contributed by atoms with van der Waals surface area (Å²) in [5.41, 5.74) is 1.85. The lowest BCUT2D eigenvalue weighted by molar-refractivity contribution is 0.0937. The topological polar surface area (TPSA) is 65.7 Å². The molecule has 1 fully saturated rings. The number of carbonyl (C=O) groups is 1. The largest absolute Gasteiger partial charge is 0.508 e. The molecule has 144 valence electrons. The Labute approximate surface area is 160 Å². The van der Waals surface area contributed by atoms with E-state index in [1.54, 1.807) is 19.1 Å². The number of phenols is 1. The molecule has 2 aromatic rings. The van der Waals surface area contributed by atoms with Crippen LogP contribution in [0.15, 0.2) is 41.9 Å². The third kappa shape index (κ3) is 4.08. The number of fused-ring (bicyclic) bond motifs is 1. The fourth-order valence-electron chi connectivity index (χ4n) is 3.92. The van der Waals surface area contributed by atoms with E-state index >= 15 is 0 Å². The van der Waals surface area contributed by atoms with Gasteiger partial charge in [0.2, 0.25) is 0 Å². The summed E-state index contributed by atoms with van der Waals surface area (Å²) in [6, 6.07) is 3.57. The SMILES string of the molecule is C=CCN(CC=C)Cc1c(O)ccc2oc(C)c(C(=O)NC3CCCC3)c12. The summed E-state index contributed by atoms with van der Waals surface area (Å²) in [6.45, 7) is 11.2. The lowest BCUT2D eigenvalue weighted by atomic mass is 10.0. The number of hydrogen-bond acceptors (Lipinski definition) is 4. The van der Waals surface area contributed by atoms with E-state index in [2.05, 4.69) is 23.4 Å². The molecule has 5 nitrogen and oxygen atoms in total. The normalized spacial score (nSPS) is 14.7. The summed E-state index contributed by atoms with van der Waals surface area (Å²) < 4.78 is 5.85. The van der Waals surface area contributed by atoms with Gasteiger partial charge in [-0.3, -0.25) is 9.69 Å². The molecule has 0 spiro atoms. The Morgan fingerprint density at radius 3 is 2.59 bits per heavy atom. The van der Waals surface area contributed by atoms with Crippen LogP contribution in [0.4, 0.5) is 0 Å². The van der Waals surface area contributed by atoms with Crippen LogP contribution < -0.4 is 5.32 Å². The van der Waals surface area contributed by atoms with Crippen molar-refractivity contribution >= 4 is 16.9 Å². The average Bonchev–Trinajstić information content (AvgIpc) is 3.24. The van der Waals surface area contributed by atoms with Gasteiger partial charge >= 0.3 is 0 Å². The first-order chi connectivity index (χ1) is 13.0. The van der Waals surface area contributed by atoms with E-state index in [-0.39, 0.29) is 17.7 Å². The van der Waals surface area contributed by atoms with Gasteiger partial charge in [-0.2, -0.15) is 0 Å². The first-order valence-electron chi connectivity index (χ1n) is 9.54. The molecule has 1 aliphatic rings.